The number of hydrogen-bond donors (Lipinski definition) is 0. The molecule has 0 saturated heterocycles. The molecule has 0 aromatic rings. The molecule has 0 bridgehead atoms. The fourth-order valence-corrected chi connectivity index (χ4v) is 7.29. The average molecular weight is 499 g/mol. The zero-order valence-electron chi connectivity index (χ0n) is 22.1. The molecule has 4 aliphatic carbocycles. The first-order valence-corrected chi connectivity index (χ1v) is 13.2. The average Bonchev–Trinajstić information content (AvgIpc) is 3.10. The van der Waals surface area contributed by atoms with Crippen molar-refractivity contribution in [2.24, 2.45) is 22.7 Å². The molecule has 1 saturated carbocycles. The van der Waals surface area contributed by atoms with E-state index in [0.717, 1.165) is 19.3 Å². The Labute approximate surface area is 213 Å². The highest BCUT2D eigenvalue weighted by Crippen LogP contribution is 2.66. The third-order valence-corrected chi connectivity index (χ3v) is 9.11. The minimum absolute atomic E-state index is 0.153. The summed E-state index contributed by atoms with van der Waals surface area (Å²) in [6, 6.07) is 0. The molecule has 7 nitrogen and oxygen atoms in total. The third-order valence-electron chi connectivity index (χ3n) is 9.11. The second kappa shape index (κ2) is 9.64. The van der Waals surface area contributed by atoms with E-state index in [-0.39, 0.29) is 48.0 Å². The van der Waals surface area contributed by atoms with Gasteiger partial charge in [-0.05, 0) is 62.0 Å². The van der Waals surface area contributed by atoms with Crippen LogP contribution < -0.4 is 0 Å². The molecule has 5 atom stereocenters. The largest absolute Gasteiger partial charge is 0.458 e. The summed E-state index contributed by atoms with van der Waals surface area (Å²) in [5.74, 6) is -0.432. The van der Waals surface area contributed by atoms with Gasteiger partial charge in [0.2, 0.25) is 5.78 Å². The van der Waals surface area contributed by atoms with Crippen LogP contribution in [0.1, 0.15) is 86.0 Å². The van der Waals surface area contributed by atoms with Crippen LogP contribution in [0.25, 0.3) is 0 Å². The predicted octanol–water partition coefficient (Wildman–Crippen LogP) is 5.14. The molecule has 0 aromatic heterocycles. The van der Waals surface area contributed by atoms with Gasteiger partial charge in [-0.3, -0.25) is 19.2 Å². The molecular formula is C29H38O7. The molecule has 36 heavy (non-hydrogen) atoms. The van der Waals surface area contributed by atoms with E-state index in [0.29, 0.717) is 31.4 Å². The summed E-state index contributed by atoms with van der Waals surface area (Å²) in [7, 11) is 0. The second-order valence-electron chi connectivity index (χ2n) is 11.2. The van der Waals surface area contributed by atoms with Gasteiger partial charge in [-0.25, -0.2) is 0 Å². The number of ether oxygens (including phenoxy) is 3. The zero-order valence-corrected chi connectivity index (χ0v) is 22.1. The first-order chi connectivity index (χ1) is 17.0. The fraction of sp³-hybridized carbons (Fsp3) is 0.655. The Balaban J connectivity index is 1.69. The zero-order chi connectivity index (χ0) is 26.3. The van der Waals surface area contributed by atoms with Crippen molar-refractivity contribution >= 4 is 23.7 Å². The van der Waals surface area contributed by atoms with Gasteiger partial charge in [-0.1, -0.05) is 38.5 Å². The van der Waals surface area contributed by atoms with Crippen LogP contribution in [0.4, 0.5) is 0 Å². The number of esters is 3. The van der Waals surface area contributed by atoms with Crippen molar-refractivity contribution in [2.75, 3.05) is 6.61 Å². The summed E-state index contributed by atoms with van der Waals surface area (Å²) in [5, 5.41) is 0. The lowest BCUT2D eigenvalue weighted by molar-refractivity contribution is -0.186. The number of allylic oxidation sites excluding steroid dienone is 6. The van der Waals surface area contributed by atoms with E-state index in [1.807, 2.05) is 13.0 Å². The normalized spacial score (nSPS) is 34.6. The van der Waals surface area contributed by atoms with Gasteiger partial charge in [-0.15, -0.1) is 0 Å². The van der Waals surface area contributed by atoms with Gasteiger partial charge in [-0.2, -0.15) is 0 Å². The first kappa shape index (κ1) is 26.4. The van der Waals surface area contributed by atoms with Crippen molar-refractivity contribution in [1.29, 1.82) is 0 Å². The van der Waals surface area contributed by atoms with E-state index >= 15 is 0 Å². The molecule has 0 amide bonds. The molecule has 4 aliphatic rings. The molecule has 0 aromatic carbocycles. The van der Waals surface area contributed by atoms with Gasteiger partial charge in [0.15, 0.2) is 12.2 Å². The van der Waals surface area contributed by atoms with E-state index in [4.69, 9.17) is 14.2 Å². The van der Waals surface area contributed by atoms with Gasteiger partial charge >= 0.3 is 17.9 Å². The van der Waals surface area contributed by atoms with Gasteiger partial charge in [0, 0.05) is 37.5 Å². The Bertz CT molecular complexity index is 1070. The van der Waals surface area contributed by atoms with Gasteiger partial charge < -0.3 is 14.2 Å². The standard InChI is InChI=1S/C29H38O7/c1-6-7-26(33)36-29(25(32)17-34-18(2)30)15-12-24-22-9-8-20-16-21(35-19(3)31)10-13-27(20,4)23(22)11-14-28(24,29)5/h8,11,16,22,24H,6-7,9-10,12-15,17H2,1-5H3/t22-,24+,27+,28+,29+/m1/s1. The maximum absolute atomic E-state index is 13.6. The predicted molar refractivity (Wildman–Crippen MR) is 132 cm³/mol. The van der Waals surface area contributed by atoms with E-state index in [9.17, 15) is 19.2 Å². The van der Waals surface area contributed by atoms with Gasteiger partial charge in [0.25, 0.3) is 0 Å². The highest BCUT2D eigenvalue weighted by Gasteiger charge is 2.67. The monoisotopic (exact) mass is 498 g/mol. The highest BCUT2D eigenvalue weighted by molar-refractivity contribution is 5.93. The highest BCUT2D eigenvalue weighted by atomic mass is 16.6. The number of carbonyl (C=O) groups excluding carboxylic acids is 4. The summed E-state index contributed by atoms with van der Waals surface area (Å²) in [6.07, 6.45) is 11.6. The molecule has 0 aliphatic heterocycles. The number of rotatable bonds is 7. The quantitative estimate of drug-likeness (QED) is 0.272. The number of hydrogen-bond acceptors (Lipinski definition) is 7. The lowest BCUT2D eigenvalue weighted by atomic mass is 9.51. The van der Waals surface area contributed by atoms with Crippen LogP contribution >= 0.6 is 0 Å². The van der Waals surface area contributed by atoms with E-state index in [1.165, 1.54) is 25.0 Å². The minimum Gasteiger partial charge on any atom is -0.458 e. The van der Waals surface area contributed by atoms with Crippen molar-refractivity contribution < 1.29 is 33.4 Å². The minimum atomic E-state index is -1.30. The number of fused-ring (bicyclic) bond motifs is 5. The van der Waals surface area contributed by atoms with E-state index < -0.39 is 17.0 Å². The number of Topliss-reactive ketones (excluding diaryl/α,β-unsaturated/α-hetero) is 1. The SMILES string of the molecule is CCCC(=O)O[C@]1(C(=O)COC(C)=O)CC[C@H]2[C@@H]3CC=C4C=C(OC(C)=O)CC[C@]4(C)C3=CC[C@@]21C. The van der Waals surface area contributed by atoms with Crippen molar-refractivity contribution in [2.45, 2.75) is 91.6 Å². The van der Waals surface area contributed by atoms with Gasteiger partial charge in [0.1, 0.15) is 5.76 Å². The van der Waals surface area contributed by atoms with Gasteiger partial charge in [0.05, 0.1) is 0 Å². The molecule has 1 fully saturated rings. The topological polar surface area (TPSA) is 96.0 Å². The van der Waals surface area contributed by atoms with Crippen LogP contribution in [-0.2, 0) is 33.4 Å². The van der Waals surface area contributed by atoms with Crippen LogP contribution in [0, 0.1) is 22.7 Å². The smallest absolute Gasteiger partial charge is 0.307 e. The van der Waals surface area contributed by atoms with Crippen molar-refractivity contribution in [3.05, 3.63) is 35.1 Å². The molecule has 0 spiro atoms. The Morgan fingerprint density at radius 1 is 1.06 bits per heavy atom. The molecule has 0 radical (unpaired) electrons. The molecule has 7 heteroatoms. The Morgan fingerprint density at radius 2 is 1.81 bits per heavy atom. The van der Waals surface area contributed by atoms with Crippen LogP contribution in [0.3, 0.4) is 0 Å². The fourth-order valence-electron chi connectivity index (χ4n) is 7.29. The molecule has 0 unspecified atom stereocenters. The van der Waals surface area contributed by atoms with Crippen molar-refractivity contribution in [3.8, 4) is 0 Å². The summed E-state index contributed by atoms with van der Waals surface area (Å²) in [5.41, 5.74) is 0.516. The maximum atomic E-state index is 13.6. The molecular weight excluding hydrogens is 460 g/mol. The summed E-state index contributed by atoms with van der Waals surface area (Å²) in [4.78, 5) is 49.3. The Morgan fingerprint density at radius 3 is 2.47 bits per heavy atom. The molecule has 0 heterocycles. The third kappa shape index (κ3) is 4.24. The van der Waals surface area contributed by atoms with Crippen LogP contribution in [-0.4, -0.2) is 35.9 Å². The summed E-state index contributed by atoms with van der Waals surface area (Å²) >= 11 is 0. The van der Waals surface area contributed by atoms with Crippen molar-refractivity contribution in [3.63, 3.8) is 0 Å². The summed E-state index contributed by atoms with van der Waals surface area (Å²) in [6.45, 7) is 8.55. The Hall–Kier alpha value is -2.70. The maximum Gasteiger partial charge on any atom is 0.307 e. The van der Waals surface area contributed by atoms with E-state index in [1.54, 1.807) is 0 Å². The molecule has 196 valence electrons. The molecule has 4 rings (SSSR count). The van der Waals surface area contributed by atoms with Crippen LogP contribution in [0.15, 0.2) is 35.1 Å². The number of carbonyl (C=O) groups is 4. The van der Waals surface area contributed by atoms with Crippen molar-refractivity contribution in [1.82, 2.24) is 0 Å². The lowest BCUT2D eigenvalue weighted by Gasteiger charge is -2.54. The summed E-state index contributed by atoms with van der Waals surface area (Å²) < 4.78 is 16.6. The van der Waals surface area contributed by atoms with E-state index in [2.05, 4.69) is 26.0 Å². The van der Waals surface area contributed by atoms with Crippen LogP contribution in [0.5, 0.6) is 0 Å². The number of ketones is 1. The second-order valence-corrected chi connectivity index (χ2v) is 11.2. The lowest BCUT2D eigenvalue weighted by Crippen LogP contribution is -2.57. The first-order valence-electron chi connectivity index (χ1n) is 13.2. The Kier molecular flexibility index (Phi) is 7.06. The molecule has 0 N–H and O–H groups in total. The van der Waals surface area contributed by atoms with Crippen LogP contribution in [0.2, 0.25) is 0 Å².